The number of carbonyl (C=O) groups excluding carboxylic acids is 1. The molecule has 1 amide bonds. The molecule has 7 nitrogen and oxygen atoms in total. The van der Waals surface area contributed by atoms with Crippen LogP contribution in [0.15, 0.2) is 43.0 Å². The number of carbonyl (C=O) groups is 1. The standard InChI is InChI=1S/C20H16ClF2N5O2/c1-11-4-12(8-24-7-11)27-20(29)18-19(26-3-2-25-18)28-9-14(10-28)30-13-5-15(21)17(23)16(22)6-13/h2-8,14H,9-10H2,1H3,(H,27,29). The molecule has 1 N–H and O–H groups in total. The smallest absolute Gasteiger partial charge is 0.278 e. The Morgan fingerprint density at radius 2 is 1.97 bits per heavy atom. The lowest BCUT2D eigenvalue weighted by Gasteiger charge is -2.40. The third-order valence-electron chi connectivity index (χ3n) is 4.43. The molecule has 0 saturated carbocycles. The second-order valence-electron chi connectivity index (χ2n) is 6.78. The number of amides is 1. The van der Waals surface area contributed by atoms with E-state index < -0.39 is 17.5 Å². The summed E-state index contributed by atoms with van der Waals surface area (Å²) in [6, 6.07) is 3.96. The van der Waals surface area contributed by atoms with Gasteiger partial charge in [-0.05, 0) is 18.6 Å². The zero-order valence-corrected chi connectivity index (χ0v) is 16.5. The largest absolute Gasteiger partial charge is 0.487 e. The number of hydrogen-bond acceptors (Lipinski definition) is 6. The second kappa shape index (κ2) is 8.19. The molecule has 0 atom stereocenters. The quantitative estimate of drug-likeness (QED) is 0.621. The van der Waals surface area contributed by atoms with Gasteiger partial charge in [-0.2, -0.15) is 0 Å². The van der Waals surface area contributed by atoms with E-state index in [0.29, 0.717) is 24.6 Å². The highest BCUT2D eigenvalue weighted by atomic mass is 35.5. The zero-order chi connectivity index (χ0) is 21.3. The van der Waals surface area contributed by atoms with Gasteiger partial charge in [0.2, 0.25) is 0 Å². The molecular weight excluding hydrogens is 416 g/mol. The zero-order valence-electron chi connectivity index (χ0n) is 15.8. The Hall–Kier alpha value is -3.33. The van der Waals surface area contributed by atoms with Gasteiger partial charge in [0.25, 0.3) is 5.91 Å². The van der Waals surface area contributed by atoms with Crippen LogP contribution in [0.3, 0.4) is 0 Å². The molecule has 1 saturated heterocycles. The summed E-state index contributed by atoms with van der Waals surface area (Å²) in [7, 11) is 0. The Morgan fingerprint density at radius 1 is 1.20 bits per heavy atom. The minimum absolute atomic E-state index is 0.132. The number of hydrogen-bond donors (Lipinski definition) is 1. The summed E-state index contributed by atoms with van der Waals surface area (Å²) in [6.45, 7) is 2.65. The molecule has 30 heavy (non-hydrogen) atoms. The Kier molecular flexibility index (Phi) is 5.45. The fourth-order valence-electron chi connectivity index (χ4n) is 3.01. The van der Waals surface area contributed by atoms with Gasteiger partial charge in [-0.3, -0.25) is 9.78 Å². The minimum atomic E-state index is -1.11. The van der Waals surface area contributed by atoms with Gasteiger partial charge < -0.3 is 15.0 Å². The van der Waals surface area contributed by atoms with Gasteiger partial charge in [-0.15, -0.1) is 0 Å². The number of nitrogens with zero attached hydrogens (tertiary/aromatic N) is 4. The van der Waals surface area contributed by atoms with Crippen LogP contribution in [0.4, 0.5) is 20.3 Å². The highest BCUT2D eigenvalue weighted by Crippen LogP contribution is 2.28. The maximum atomic E-state index is 13.5. The highest BCUT2D eigenvalue weighted by molar-refractivity contribution is 6.30. The summed E-state index contributed by atoms with van der Waals surface area (Å²) in [5.74, 6) is -2.07. The molecule has 0 radical (unpaired) electrons. The molecule has 0 spiro atoms. The van der Waals surface area contributed by atoms with E-state index in [2.05, 4.69) is 20.3 Å². The first-order valence-electron chi connectivity index (χ1n) is 9.01. The Labute approximate surface area is 175 Å². The maximum Gasteiger partial charge on any atom is 0.278 e. The van der Waals surface area contributed by atoms with Crippen LogP contribution in [0.2, 0.25) is 5.02 Å². The Bertz CT molecular complexity index is 1090. The lowest BCUT2D eigenvalue weighted by atomic mass is 10.1. The van der Waals surface area contributed by atoms with Crippen molar-refractivity contribution < 1.29 is 18.3 Å². The normalized spacial score (nSPS) is 13.7. The van der Waals surface area contributed by atoms with Crippen molar-refractivity contribution in [2.45, 2.75) is 13.0 Å². The van der Waals surface area contributed by atoms with Crippen molar-refractivity contribution in [2.75, 3.05) is 23.3 Å². The predicted octanol–water partition coefficient (Wildman–Crippen LogP) is 3.63. The molecular formula is C20H16ClF2N5O2. The first-order chi connectivity index (χ1) is 14.4. The van der Waals surface area contributed by atoms with Gasteiger partial charge >= 0.3 is 0 Å². The van der Waals surface area contributed by atoms with Crippen molar-refractivity contribution in [2.24, 2.45) is 0 Å². The van der Waals surface area contributed by atoms with Gasteiger partial charge in [-0.25, -0.2) is 18.7 Å². The minimum Gasteiger partial charge on any atom is -0.487 e. The number of aryl methyl sites for hydroxylation is 1. The van der Waals surface area contributed by atoms with Crippen LogP contribution in [-0.2, 0) is 0 Å². The summed E-state index contributed by atoms with van der Waals surface area (Å²) >= 11 is 5.65. The number of anilines is 2. The number of rotatable bonds is 5. The molecule has 0 unspecified atom stereocenters. The van der Waals surface area contributed by atoms with E-state index in [9.17, 15) is 13.6 Å². The SMILES string of the molecule is Cc1cncc(NC(=O)c2nccnc2N2CC(Oc3cc(F)c(F)c(Cl)c3)C2)c1. The molecule has 1 aromatic carbocycles. The Morgan fingerprint density at radius 3 is 2.70 bits per heavy atom. The van der Waals surface area contributed by atoms with Gasteiger partial charge in [0.15, 0.2) is 23.1 Å². The van der Waals surface area contributed by atoms with Crippen LogP contribution in [0.1, 0.15) is 16.1 Å². The van der Waals surface area contributed by atoms with Crippen molar-refractivity contribution in [3.05, 3.63) is 70.9 Å². The highest BCUT2D eigenvalue weighted by Gasteiger charge is 2.33. The van der Waals surface area contributed by atoms with Crippen molar-refractivity contribution in [3.8, 4) is 5.75 Å². The van der Waals surface area contributed by atoms with Crippen molar-refractivity contribution in [3.63, 3.8) is 0 Å². The summed E-state index contributed by atoms with van der Waals surface area (Å²) in [5, 5.41) is 2.41. The van der Waals surface area contributed by atoms with Crippen LogP contribution < -0.4 is 15.0 Å². The van der Waals surface area contributed by atoms with Crippen LogP contribution >= 0.6 is 11.6 Å². The molecule has 0 bridgehead atoms. The third-order valence-corrected chi connectivity index (χ3v) is 4.71. The number of ether oxygens (including phenoxy) is 1. The molecule has 3 heterocycles. The summed E-state index contributed by atoms with van der Waals surface area (Å²) < 4.78 is 32.4. The van der Waals surface area contributed by atoms with Crippen LogP contribution in [0, 0.1) is 18.6 Å². The Balaban J connectivity index is 1.43. The maximum absolute atomic E-state index is 13.5. The lowest BCUT2D eigenvalue weighted by molar-refractivity contribution is 0.102. The summed E-state index contributed by atoms with van der Waals surface area (Å²) in [4.78, 5) is 27.0. The van der Waals surface area contributed by atoms with E-state index in [1.165, 1.54) is 18.5 Å². The molecule has 3 aromatic rings. The van der Waals surface area contributed by atoms with Gasteiger partial charge in [0, 0.05) is 30.7 Å². The van der Waals surface area contributed by atoms with Gasteiger partial charge in [-0.1, -0.05) is 11.6 Å². The van der Waals surface area contributed by atoms with E-state index >= 15 is 0 Å². The first kappa shape index (κ1) is 20.0. The molecule has 10 heteroatoms. The number of benzene rings is 1. The molecule has 4 rings (SSSR count). The van der Waals surface area contributed by atoms with Crippen LogP contribution in [0.5, 0.6) is 5.75 Å². The average Bonchev–Trinajstić information content (AvgIpc) is 2.68. The van der Waals surface area contributed by atoms with Crippen LogP contribution in [-0.4, -0.2) is 40.1 Å². The molecule has 1 aliphatic rings. The van der Waals surface area contributed by atoms with Crippen molar-refractivity contribution in [1.82, 2.24) is 15.0 Å². The fraction of sp³-hybridized carbons (Fsp3) is 0.200. The van der Waals surface area contributed by atoms with Gasteiger partial charge in [0.05, 0.1) is 30.0 Å². The van der Waals surface area contributed by atoms with E-state index in [4.69, 9.17) is 16.3 Å². The predicted molar refractivity (Wildman–Crippen MR) is 107 cm³/mol. The van der Waals surface area contributed by atoms with E-state index in [-0.39, 0.29) is 22.6 Å². The van der Waals surface area contributed by atoms with E-state index in [0.717, 1.165) is 11.6 Å². The van der Waals surface area contributed by atoms with Crippen molar-refractivity contribution in [1.29, 1.82) is 0 Å². The number of aromatic nitrogens is 3. The monoisotopic (exact) mass is 431 g/mol. The van der Waals surface area contributed by atoms with E-state index in [1.54, 1.807) is 18.5 Å². The number of pyridine rings is 1. The molecule has 1 aliphatic heterocycles. The van der Waals surface area contributed by atoms with Gasteiger partial charge in [0.1, 0.15) is 11.9 Å². The van der Waals surface area contributed by atoms with Crippen molar-refractivity contribution >= 4 is 29.0 Å². The molecule has 154 valence electrons. The number of halogens is 3. The fourth-order valence-corrected chi connectivity index (χ4v) is 3.21. The first-order valence-corrected chi connectivity index (χ1v) is 9.38. The van der Waals surface area contributed by atoms with Crippen LogP contribution in [0.25, 0.3) is 0 Å². The molecule has 1 fully saturated rings. The topological polar surface area (TPSA) is 80.2 Å². The second-order valence-corrected chi connectivity index (χ2v) is 7.19. The third kappa shape index (κ3) is 4.16. The summed E-state index contributed by atoms with van der Waals surface area (Å²) in [5.41, 5.74) is 1.62. The molecule has 0 aliphatic carbocycles. The average molecular weight is 432 g/mol. The number of nitrogens with one attached hydrogen (secondary N) is 1. The lowest BCUT2D eigenvalue weighted by Crippen LogP contribution is -2.54. The molecule has 2 aromatic heterocycles. The summed E-state index contributed by atoms with van der Waals surface area (Å²) in [6.07, 6.45) is 5.85. The van der Waals surface area contributed by atoms with E-state index in [1.807, 2.05) is 11.8 Å².